The van der Waals surface area contributed by atoms with Crippen molar-refractivity contribution in [1.29, 1.82) is 0 Å². The van der Waals surface area contributed by atoms with Crippen LogP contribution in [0.1, 0.15) is 16.8 Å². The second kappa shape index (κ2) is 6.57. The summed E-state index contributed by atoms with van der Waals surface area (Å²) in [7, 11) is 0. The Hall–Kier alpha value is -1.10. The summed E-state index contributed by atoms with van der Waals surface area (Å²) in [5.74, 6) is 0.546. The maximum absolute atomic E-state index is 12.1. The second-order valence-corrected chi connectivity index (χ2v) is 5.56. The monoisotopic (exact) mass is 296 g/mol. The van der Waals surface area contributed by atoms with Gasteiger partial charge in [-0.1, -0.05) is 18.2 Å². The molecule has 0 aliphatic carbocycles. The molecular weight excluding hydrogens is 276 g/mol. The molecule has 2 unspecified atom stereocenters. The van der Waals surface area contributed by atoms with E-state index in [-0.39, 0.29) is 23.7 Å². The van der Waals surface area contributed by atoms with E-state index < -0.39 is 0 Å². The summed E-state index contributed by atoms with van der Waals surface area (Å²) in [4.78, 5) is 12.1. The van der Waals surface area contributed by atoms with Gasteiger partial charge < -0.3 is 15.4 Å². The van der Waals surface area contributed by atoms with Gasteiger partial charge >= 0.3 is 0 Å². The first kappa shape index (κ1) is 15.3. The molecule has 2 atom stereocenters. The van der Waals surface area contributed by atoms with Crippen molar-refractivity contribution in [1.82, 2.24) is 10.6 Å². The minimum absolute atomic E-state index is 0. The van der Waals surface area contributed by atoms with E-state index >= 15 is 0 Å². The van der Waals surface area contributed by atoms with Crippen LogP contribution in [0.15, 0.2) is 30.3 Å². The average Bonchev–Trinajstić information content (AvgIpc) is 2.90. The number of carbonyl (C=O) groups is 1. The minimum atomic E-state index is 0. The number of ether oxygens (including phenoxy) is 1. The van der Waals surface area contributed by atoms with Gasteiger partial charge in [0.1, 0.15) is 0 Å². The fourth-order valence-corrected chi connectivity index (χ4v) is 3.13. The van der Waals surface area contributed by atoms with Gasteiger partial charge in [-0.2, -0.15) is 0 Å². The Morgan fingerprint density at radius 2 is 2.20 bits per heavy atom. The van der Waals surface area contributed by atoms with E-state index in [9.17, 15) is 4.79 Å². The highest BCUT2D eigenvalue weighted by atomic mass is 35.5. The van der Waals surface area contributed by atoms with E-state index in [1.165, 1.54) is 0 Å². The molecule has 2 N–H and O–H groups in total. The highest BCUT2D eigenvalue weighted by Gasteiger charge is 2.44. The Balaban J connectivity index is 0.00000147. The number of carbonyl (C=O) groups excluding carboxylic acids is 1. The number of amides is 1. The second-order valence-electron chi connectivity index (χ2n) is 5.56. The van der Waals surface area contributed by atoms with Gasteiger partial charge in [-0.05, 0) is 18.6 Å². The molecule has 2 fully saturated rings. The standard InChI is InChI=1S/C15H20N2O2.ClH/c18-14(12-4-2-1-3-5-12)17-11-15-6-7-19-9-13(15)8-16-10-15;/h1-5,13,16H,6-11H2,(H,17,18);1H. The van der Waals surface area contributed by atoms with Gasteiger partial charge in [-0.3, -0.25) is 4.79 Å². The smallest absolute Gasteiger partial charge is 0.251 e. The predicted molar refractivity (Wildman–Crippen MR) is 80.3 cm³/mol. The maximum Gasteiger partial charge on any atom is 0.251 e. The van der Waals surface area contributed by atoms with Crippen LogP contribution < -0.4 is 10.6 Å². The SMILES string of the molecule is Cl.O=C(NCC12CCOCC1CNC2)c1ccccc1. The van der Waals surface area contributed by atoms with E-state index in [0.29, 0.717) is 5.92 Å². The molecule has 0 spiro atoms. The van der Waals surface area contributed by atoms with Crippen molar-refractivity contribution in [2.24, 2.45) is 11.3 Å². The van der Waals surface area contributed by atoms with Crippen LogP contribution in [0.3, 0.4) is 0 Å². The van der Waals surface area contributed by atoms with Crippen molar-refractivity contribution in [2.75, 3.05) is 32.8 Å². The van der Waals surface area contributed by atoms with Crippen LogP contribution in [0, 0.1) is 11.3 Å². The molecule has 1 amide bonds. The topological polar surface area (TPSA) is 50.4 Å². The number of fused-ring (bicyclic) bond motifs is 1. The molecule has 1 aromatic rings. The summed E-state index contributed by atoms with van der Waals surface area (Å²) in [6.45, 7) is 4.34. The van der Waals surface area contributed by atoms with Crippen molar-refractivity contribution >= 4 is 18.3 Å². The largest absolute Gasteiger partial charge is 0.381 e. The number of benzene rings is 1. The van der Waals surface area contributed by atoms with Crippen LogP contribution in [-0.2, 0) is 4.74 Å². The van der Waals surface area contributed by atoms with E-state index in [0.717, 1.165) is 44.8 Å². The zero-order valence-electron chi connectivity index (χ0n) is 11.4. The molecule has 2 heterocycles. The number of hydrogen-bond donors (Lipinski definition) is 2. The molecule has 2 aliphatic heterocycles. The van der Waals surface area contributed by atoms with Gasteiger partial charge in [0.05, 0.1) is 6.61 Å². The molecule has 4 nitrogen and oxygen atoms in total. The molecule has 3 rings (SSSR count). The lowest BCUT2D eigenvalue weighted by Crippen LogP contribution is -2.47. The maximum atomic E-state index is 12.1. The van der Waals surface area contributed by atoms with Crippen LogP contribution in [-0.4, -0.2) is 38.8 Å². The van der Waals surface area contributed by atoms with Crippen molar-refractivity contribution in [3.63, 3.8) is 0 Å². The first-order valence-electron chi connectivity index (χ1n) is 6.92. The first-order valence-corrected chi connectivity index (χ1v) is 6.92. The number of hydrogen-bond acceptors (Lipinski definition) is 3. The average molecular weight is 297 g/mol. The minimum Gasteiger partial charge on any atom is -0.381 e. The van der Waals surface area contributed by atoms with Crippen LogP contribution in [0.25, 0.3) is 0 Å². The summed E-state index contributed by atoms with van der Waals surface area (Å²) < 4.78 is 5.55. The third-order valence-corrected chi connectivity index (χ3v) is 4.43. The highest BCUT2D eigenvalue weighted by Crippen LogP contribution is 2.37. The Kier molecular flexibility index (Phi) is 5.02. The Labute approximate surface area is 125 Å². The number of halogens is 1. The van der Waals surface area contributed by atoms with Crippen molar-refractivity contribution < 1.29 is 9.53 Å². The highest BCUT2D eigenvalue weighted by molar-refractivity contribution is 5.94. The zero-order valence-corrected chi connectivity index (χ0v) is 12.2. The lowest BCUT2D eigenvalue weighted by molar-refractivity contribution is -0.0136. The van der Waals surface area contributed by atoms with Crippen LogP contribution in [0.4, 0.5) is 0 Å². The molecule has 2 aliphatic rings. The predicted octanol–water partition coefficient (Wildman–Crippen LogP) is 1.46. The molecular formula is C15H21ClN2O2. The lowest BCUT2D eigenvalue weighted by atomic mass is 9.74. The van der Waals surface area contributed by atoms with Crippen molar-refractivity contribution in [3.05, 3.63) is 35.9 Å². The van der Waals surface area contributed by atoms with Gasteiger partial charge in [-0.25, -0.2) is 0 Å². The Morgan fingerprint density at radius 3 is 3.00 bits per heavy atom. The molecule has 2 saturated heterocycles. The molecule has 0 aromatic heterocycles. The molecule has 1 aromatic carbocycles. The zero-order chi connectivity index (χ0) is 13.1. The van der Waals surface area contributed by atoms with E-state index in [1.54, 1.807) is 0 Å². The molecule has 0 saturated carbocycles. The van der Waals surface area contributed by atoms with E-state index in [2.05, 4.69) is 10.6 Å². The molecule has 110 valence electrons. The summed E-state index contributed by atoms with van der Waals surface area (Å²) >= 11 is 0. The van der Waals surface area contributed by atoms with Gasteiger partial charge in [0.2, 0.25) is 0 Å². The van der Waals surface area contributed by atoms with Crippen LogP contribution in [0.5, 0.6) is 0 Å². The fourth-order valence-electron chi connectivity index (χ4n) is 3.13. The van der Waals surface area contributed by atoms with E-state index in [4.69, 9.17) is 4.74 Å². The fraction of sp³-hybridized carbons (Fsp3) is 0.533. The summed E-state index contributed by atoms with van der Waals surface area (Å²) in [5.41, 5.74) is 0.913. The molecule has 20 heavy (non-hydrogen) atoms. The normalized spacial score (nSPS) is 28.3. The quantitative estimate of drug-likeness (QED) is 0.888. The summed E-state index contributed by atoms with van der Waals surface area (Å²) in [6, 6.07) is 9.40. The summed E-state index contributed by atoms with van der Waals surface area (Å²) in [5, 5.41) is 6.53. The van der Waals surface area contributed by atoms with Crippen molar-refractivity contribution in [2.45, 2.75) is 6.42 Å². The Bertz CT molecular complexity index is 454. The molecule has 0 bridgehead atoms. The van der Waals surface area contributed by atoms with Crippen LogP contribution in [0.2, 0.25) is 0 Å². The number of rotatable bonds is 3. The number of nitrogens with one attached hydrogen (secondary N) is 2. The molecule has 5 heteroatoms. The Morgan fingerprint density at radius 1 is 1.40 bits per heavy atom. The summed E-state index contributed by atoms with van der Waals surface area (Å²) in [6.07, 6.45) is 1.03. The van der Waals surface area contributed by atoms with Gasteiger partial charge in [0, 0.05) is 43.1 Å². The first-order chi connectivity index (χ1) is 9.30. The van der Waals surface area contributed by atoms with Gasteiger partial charge in [-0.15, -0.1) is 12.4 Å². The van der Waals surface area contributed by atoms with Crippen molar-refractivity contribution in [3.8, 4) is 0 Å². The van der Waals surface area contributed by atoms with Crippen LogP contribution >= 0.6 is 12.4 Å². The van der Waals surface area contributed by atoms with E-state index in [1.807, 2.05) is 30.3 Å². The third-order valence-electron chi connectivity index (χ3n) is 4.43. The van der Waals surface area contributed by atoms with Gasteiger partial charge in [0.25, 0.3) is 5.91 Å². The molecule has 0 radical (unpaired) electrons. The third kappa shape index (κ3) is 2.97. The van der Waals surface area contributed by atoms with Gasteiger partial charge in [0.15, 0.2) is 0 Å². The lowest BCUT2D eigenvalue weighted by Gasteiger charge is -2.38.